The van der Waals surface area contributed by atoms with Crippen molar-refractivity contribution in [1.29, 1.82) is 0 Å². The third kappa shape index (κ3) is 31.5. The molecule has 0 aromatic heterocycles. The van der Waals surface area contributed by atoms with Crippen molar-refractivity contribution in [3.05, 3.63) is 36.5 Å². The maximum Gasteiger partial charge on any atom is 0.220 e. The fourth-order valence-electron chi connectivity index (χ4n) is 11.5. The maximum atomic E-state index is 13.3. The summed E-state index contributed by atoms with van der Waals surface area (Å²) in [6.45, 7) is 1.58. The van der Waals surface area contributed by atoms with Gasteiger partial charge in [-0.05, 0) is 38.5 Å². The minimum absolute atomic E-state index is 0.235. The minimum atomic E-state index is -1.98. The number of amides is 1. The number of carbonyl (C=O) groups is 1. The minimum Gasteiger partial charge on any atom is -0.394 e. The van der Waals surface area contributed by atoms with E-state index in [1.54, 1.807) is 6.08 Å². The van der Waals surface area contributed by atoms with Gasteiger partial charge in [-0.3, -0.25) is 4.79 Å². The SMILES string of the molecule is CC/C=C/CC/C=C/CC/C=C/C(O)C(COC1OC(CO)C(OC2OC(CO)C(OC3OC(CO)C(O)C(O)C3O)C(O)C2O)C(O)C1O)NC(=O)CCCCCCCCCCCCCCCCCCCCCCCCCCCCCCCC. The summed E-state index contributed by atoms with van der Waals surface area (Å²) in [5, 5.41) is 120. The van der Waals surface area contributed by atoms with Crippen LogP contribution in [0.15, 0.2) is 36.5 Å². The van der Waals surface area contributed by atoms with Gasteiger partial charge in [-0.25, -0.2) is 0 Å². The van der Waals surface area contributed by atoms with Gasteiger partial charge >= 0.3 is 0 Å². The zero-order valence-electron chi connectivity index (χ0n) is 52.3. The largest absolute Gasteiger partial charge is 0.394 e. The molecule has 1 amide bonds. The Morgan fingerprint density at radius 2 is 0.765 bits per heavy atom. The average molecular weight is 1220 g/mol. The van der Waals surface area contributed by atoms with Gasteiger partial charge in [-0.2, -0.15) is 0 Å². The number of allylic oxidation sites excluding steroid dienone is 5. The van der Waals surface area contributed by atoms with Gasteiger partial charge in [0.2, 0.25) is 5.91 Å². The molecule has 3 saturated heterocycles. The van der Waals surface area contributed by atoms with E-state index in [0.29, 0.717) is 12.8 Å². The number of ether oxygens (including phenoxy) is 6. The number of aliphatic hydroxyl groups excluding tert-OH is 11. The quantitative estimate of drug-likeness (QED) is 0.0202. The summed E-state index contributed by atoms with van der Waals surface area (Å²) in [5.41, 5.74) is 0. The first-order chi connectivity index (χ1) is 41.3. The van der Waals surface area contributed by atoms with Gasteiger partial charge in [0.05, 0.1) is 38.6 Å². The first kappa shape index (κ1) is 77.3. The number of hydrogen-bond acceptors (Lipinski definition) is 18. The van der Waals surface area contributed by atoms with Gasteiger partial charge in [0, 0.05) is 6.42 Å². The monoisotopic (exact) mass is 1220 g/mol. The molecule has 0 radical (unpaired) electrons. The van der Waals surface area contributed by atoms with Crippen molar-refractivity contribution < 1.29 is 89.4 Å². The molecule has 0 spiro atoms. The zero-order valence-corrected chi connectivity index (χ0v) is 52.3. The Morgan fingerprint density at radius 1 is 0.424 bits per heavy atom. The molecule has 17 unspecified atom stereocenters. The van der Waals surface area contributed by atoms with E-state index < -0.39 is 124 Å². The Morgan fingerprint density at radius 3 is 1.16 bits per heavy atom. The average Bonchev–Trinajstić information content (AvgIpc) is 2.15. The molecule has 0 aromatic carbocycles. The third-order valence-electron chi connectivity index (χ3n) is 16.9. The molecule has 3 aliphatic rings. The van der Waals surface area contributed by atoms with Gasteiger partial charge < -0.3 is 89.9 Å². The molecule has 17 atom stereocenters. The van der Waals surface area contributed by atoms with Gasteiger partial charge in [0.1, 0.15) is 73.2 Å². The summed E-state index contributed by atoms with van der Waals surface area (Å²) in [6.07, 6.45) is 29.0. The number of nitrogens with one attached hydrogen (secondary N) is 1. The van der Waals surface area contributed by atoms with E-state index in [4.69, 9.17) is 28.4 Å². The second kappa shape index (κ2) is 48.8. The van der Waals surface area contributed by atoms with Crippen LogP contribution in [0.4, 0.5) is 0 Å². The molecular formula is C66H121NO18. The zero-order chi connectivity index (χ0) is 61.9. The Kier molecular flexibility index (Phi) is 44.4. The lowest BCUT2D eigenvalue weighted by Gasteiger charge is -2.48. The highest BCUT2D eigenvalue weighted by atomic mass is 16.8. The third-order valence-corrected chi connectivity index (χ3v) is 16.9. The first-order valence-corrected chi connectivity index (χ1v) is 33.7. The molecule has 0 saturated carbocycles. The van der Waals surface area contributed by atoms with E-state index in [-0.39, 0.29) is 18.9 Å². The lowest BCUT2D eigenvalue weighted by molar-refractivity contribution is -0.379. The highest BCUT2D eigenvalue weighted by Gasteiger charge is 2.53. The smallest absolute Gasteiger partial charge is 0.220 e. The highest BCUT2D eigenvalue weighted by molar-refractivity contribution is 5.76. The summed E-state index contributed by atoms with van der Waals surface area (Å²) < 4.78 is 34.2. The topological polar surface area (TPSA) is 307 Å². The van der Waals surface area contributed by atoms with Crippen LogP contribution in [-0.2, 0) is 33.2 Å². The Balaban J connectivity index is 1.35. The van der Waals surface area contributed by atoms with Crippen LogP contribution >= 0.6 is 0 Å². The highest BCUT2D eigenvalue weighted by Crippen LogP contribution is 2.33. The molecule has 19 nitrogen and oxygen atoms in total. The van der Waals surface area contributed by atoms with Crippen LogP contribution < -0.4 is 5.32 Å². The second-order valence-corrected chi connectivity index (χ2v) is 24.2. The number of aliphatic hydroxyl groups is 11. The van der Waals surface area contributed by atoms with Gasteiger partial charge in [-0.15, -0.1) is 0 Å². The Labute approximate surface area is 511 Å². The van der Waals surface area contributed by atoms with Crippen molar-refractivity contribution >= 4 is 5.91 Å². The first-order valence-electron chi connectivity index (χ1n) is 33.7. The predicted molar refractivity (Wildman–Crippen MR) is 328 cm³/mol. The number of hydrogen-bond donors (Lipinski definition) is 12. The lowest BCUT2D eigenvalue weighted by Crippen LogP contribution is -2.66. The fourth-order valence-corrected chi connectivity index (χ4v) is 11.5. The molecule has 19 heteroatoms. The predicted octanol–water partition coefficient (Wildman–Crippen LogP) is 8.05. The summed E-state index contributed by atoms with van der Waals surface area (Å²) in [4.78, 5) is 13.3. The van der Waals surface area contributed by atoms with Crippen molar-refractivity contribution in [1.82, 2.24) is 5.32 Å². The molecule has 0 aliphatic carbocycles. The number of carbonyl (C=O) groups excluding carboxylic acids is 1. The van der Waals surface area contributed by atoms with Crippen LogP contribution in [0.2, 0.25) is 0 Å². The second-order valence-electron chi connectivity index (χ2n) is 24.2. The maximum absolute atomic E-state index is 13.3. The lowest BCUT2D eigenvalue weighted by atomic mass is 9.96. The van der Waals surface area contributed by atoms with E-state index >= 15 is 0 Å². The molecule has 3 rings (SSSR count). The van der Waals surface area contributed by atoms with Crippen LogP contribution in [0.5, 0.6) is 0 Å². The molecular weight excluding hydrogens is 1090 g/mol. The summed E-state index contributed by atoms with van der Waals surface area (Å²) in [6, 6.07) is -0.992. The van der Waals surface area contributed by atoms with E-state index in [2.05, 4.69) is 43.5 Å². The molecule has 3 heterocycles. The summed E-state index contributed by atoms with van der Waals surface area (Å²) in [7, 11) is 0. The van der Waals surface area contributed by atoms with Crippen LogP contribution in [0.3, 0.4) is 0 Å². The Bertz CT molecular complexity index is 1690. The molecule has 3 aliphatic heterocycles. The standard InChI is InChI=1S/C66H121NO18/c1-3-5-7-9-11-13-15-16-17-18-19-20-21-22-23-24-25-26-27-28-29-30-31-32-33-34-36-38-40-42-44-54(72)67-49(50(71)43-41-39-37-35-14-12-10-8-6-4-2)48-80-64-60(78)57(75)62(52(46-69)82-64)85-66-61(79)58(76)63(53(47-70)83-66)84-65-59(77)56(74)55(73)51(45-68)81-65/h6,8,14,35,41,43,49-53,55-66,68-71,73-79H,3-5,7,9-13,15-34,36-40,42,44-48H2,1-2H3,(H,67,72)/b8-6+,35-14+,43-41+. The van der Waals surface area contributed by atoms with E-state index in [0.717, 1.165) is 44.9 Å². The Hall–Kier alpha value is -1.99. The molecule has 85 heavy (non-hydrogen) atoms. The number of rotatable bonds is 51. The fraction of sp³-hybridized carbons (Fsp3) is 0.894. The number of unbranched alkanes of at least 4 members (excludes halogenated alkanes) is 31. The van der Waals surface area contributed by atoms with Gasteiger partial charge in [0.25, 0.3) is 0 Å². The van der Waals surface area contributed by atoms with Gasteiger partial charge in [0.15, 0.2) is 18.9 Å². The van der Waals surface area contributed by atoms with Crippen LogP contribution in [0.25, 0.3) is 0 Å². The molecule has 0 bridgehead atoms. The van der Waals surface area contributed by atoms with E-state index in [1.807, 2.05) is 6.08 Å². The normalized spacial score (nSPS) is 29.2. The van der Waals surface area contributed by atoms with Crippen molar-refractivity contribution in [3.8, 4) is 0 Å². The van der Waals surface area contributed by atoms with E-state index in [9.17, 15) is 61.0 Å². The van der Waals surface area contributed by atoms with Crippen LogP contribution in [-0.4, -0.2) is 193 Å². The van der Waals surface area contributed by atoms with Crippen LogP contribution in [0.1, 0.15) is 245 Å². The van der Waals surface area contributed by atoms with Crippen LogP contribution in [0, 0.1) is 0 Å². The van der Waals surface area contributed by atoms with Crippen molar-refractivity contribution in [2.24, 2.45) is 0 Å². The van der Waals surface area contributed by atoms with Gasteiger partial charge in [-0.1, -0.05) is 237 Å². The van der Waals surface area contributed by atoms with Crippen molar-refractivity contribution in [2.45, 2.75) is 349 Å². The van der Waals surface area contributed by atoms with Crippen molar-refractivity contribution in [3.63, 3.8) is 0 Å². The molecule has 498 valence electrons. The molecule has 0 aromatic rings. The van der Waals surface area contributed by atoms with E-state index in [1.165, 1.54) is 167 Å². The summed E-state index contributed by atoms with van der Waals surface area (Å²) in [5.74, 6) is -0.289. The van der Waals surface area contributed by atoms with Crippen molar-refractivity contribution in [2.75, 3.05) is 26.4 Å². The molecule has 12 N–H and O–H groups in total. The summed E-state index contributed by atoms with van der Waals surface area (Å²) >= 11 is 0. The molecule has 3 fully saturated rings.